The number of rotatable bonds is 6. The first-order chi connectivity index (χ1) is 16.0. The van der Waals surface area contributed by atoms with Gasteiger partial charge in [-0.2, -0.15) is 0 Å². The van der Waals surface area contributed by atoms with E-state index in [-0.39, 0.29) is 11.3 Å². The summed E-state index contributed by atoms with van der Waals surface area (Å²) in [6, 6.07) is 14.1. The van der Waals surface area contributed by atoms with Crippen LogP contribution >= 0.6 is 0 Å². The van der Waals surface area contributed by atoms with Crippen molar-refractivity contribution in [1.82, 2.24) is 5.32 Å². The molecule has 0 bridgehead atoms. The number of amides is 1. The molecule has 0 heterocycles. The molecule has 0 aromatic heterocycles. The van der Waals surface area contributed by atoms with Gasteiger partial charge in [-0.05, 0) is 91.0 Å². The molecule has 2 N–H and O–H groups in total. The summed E-state index contributed by atoms with van der Waals surface area (Å²) in [5.74, 6) is 2.51. The maximum Gasteiger partial charge on any atom is 0.220 e. The summed E-state index contributed by atoms with van der Waals surface area (Å²) in [5, 5.41) is 13.6. The SMILES string of the molecule is C[C@]12CCC3c4cc(CCCC(=O)NCc5ccccc5)c(O)cc4CCC3C1CCC2=O. The number of ketones is 1. The Kier molecular flexibility index (Phi) is 6.03. The molecule has 0 saturated heterocycles. The summed E-state index contributed by atoms with van der Waals surface area (Å²) < 4.78 is 0. The summed E-state index contributed by atoms with van der Waals surface area (Å²) in [6.45, 7) is 2.76. The van der Waals surface area contributed by atoms with Crippen molar-refractivity contribution in [2.45, 2.75) is 77.2 Å². The third-order valence-corrected chi connectivity index (χ3v) is 8.82. The van der Waals surface area contributed by atoms with Gasteiger partial charge in [0.2, 0.25) is 5.91 Å². The van der Waals surface area contributed by atoms with E-state index < -0.39 is 0 Å². The molecule has 174 valence electrons. The highest BCUT2D eigenvalue weighted by Crippen LogP contribution is 2.59. The molecule has 2 aromatic carbocycles. The topological polar surface area (TPSA) is 66.4 Å². The highest BCUT2D eigenvalue weighted by molar-refractivity contribution is 5.87. The van der Waals surface area contributed by atoms with Crippen molar-refractivity contribution >= 4 is 11.7 Å². The van der Waals surface area contributed by atoms with Gasteiger partial charge in [0.1, 0.15) is 11.5 Å². The number of aromatic hydroxyl groups is 1. The van der Waals surface area contributed by atoms with Crippen molar-refractivity contribution in [3.05, 3.63) is 64.7 Å². The first-order valence-corrected chi connectivity index (χ1v) is 12.6. The maximum atomic E-state index is 12.6. The Hall–Kier alpha value is -2.62. The minimum absolute atomic E-state index is 0.0498. The first-order valence-electron chi connectivity index (χ1n) is 12.6. The summed E-state index contributed by atoms with van der Waals surface area (Å²) >= 11 is 0. The number of carbonyl (C=O) groups is 2. The maximum absolute atomic E-state index is 12.6. The van der Waals surface area contributed by atoms with Crippen LogP contribution in [0.5, 0.6) is 5.75 Å². The lowest BCUT2D eigenvalue weighted by molar-refractivity contribution is -0.129. The van der Waals surface area contributed by atoms with Crippen molar-refractivity contribution in [3.63, 3.8) is 0 Å². The fraction of sp³-hybridized carbons (Fsp3) is 0.517. The van der Waals surface area contributed by atoms with Gasteiger partial charge in [-0.1, -0.05) is 43.3 Å². The van der Waals surface area contributed by atoms with E-state index in [0.717, 1.165) is 56.1 Å². The van der Waals surface area contributed by atoms with E-state index in [1.54, 1.807) is 0 Å². The van der Waals surface area contributed by atoms with E-state index in [9.17, 15) is 14.7 Å². The number of phenolic OH excluding ortho intramolecular Hbond substituents is 1. The number of carbonyl (C=O) groups excluding carboxylic acids is 2. The van der Waals surface area contributed by atoms with Gasteiger partial charge in [-0.15, -0.1) is 0 Å². The third-order valence-electron chi connectivity index (χ3n) is 8.82. The molecule has 0 aliphatic heterocycles. The largest absolute Gasteiger partial charge is 0.508 e. The van der Waals surface area contributed by atoms with E-state index in [4.69, 9.17) is 0 Å². The average molecular weight is 446 g/mol. The van der Waals surface area contributed by atoms with E-state index in [2.05, 4.69) is 18.3 Å². The minimum atomic E-state index is -0.106. The Morgan fingerprint density at radius 2 is 1.94 bits per heavy atom. The van der Waals surface area contributed by atoms with E-state index in [0.29, 0.717) is 48.7 Å². The predicted octanol–water partition coefficient (Wildman–Crippen LogP) is 5.46. The lowest BCUT2D eigenvalue weighted by atomic mass is 9.55. The molecule has 2 saturated carbocycles. The molecule has 0 radical (unpaired) electrons. The number of aryl methyl sites for hydroxylation is 2. The van der Waals surface area contributed by atoms with E-state index in [1.165, 1.54) is 11.1 Å². The number of nitrogens with one attached hydrogen (secondary N) is 1. The molecular formula is C29H35NO3. The van der Waals surface area contributed by atoms with Crippen LogP contribution in [-0.4, -0.2) is 16.8 Å². The Bertz CT molecular complexity index is 1050. The summed E-state index contributed by atoms with van der Waals surface area (Å²) in [6.07, 6.45) is 7.87. The number of fused-ring (bicyclic) bond motifs is 5. The average Bonchev–Trinajstić information content (AvgIpc) is 3.13. The molecule has 3 unspecified atom stereocenters. The zero-order valence-corrected chi connectivity index (χ0v) is 19.6. The van der Waals surface area contributed by atoms with Gasteiger partial charge in [-0.25, -0.2) is 0 Å². The fourth-order valence-electron chi connectivity index (χ4n) is 6.95. The Morgan fingerprint density at radius 3 is 2.76 bits per heavy atom. The Balaban J connectivity index is 1.23. The van der Waals surface area contributed by atoms with Crippen LogP contribution in [0.2, 0.25) is 0 Å². The summed E-state index contributed by atoms with van der Waals surface area (Å²) in [4.78, 5) is 24.9. The normalized spacial score (nSPS) is 28.0. The standard InChI is InChI=1S/C29H35NO3/c1-29-15-14-22-23(25(29)12-13-27(29)32)11-10-20-17-26(31)21(16-24(20)22)8-5-9-28(33)30-18-19-6-3-2-4-7-19/h2-4,6-7,16-17,22-23,25,31H,5,8-15,18H2,1H3,(H,30,33)/t22?,23?,25?,29-/m0/s1. The number of hydrogen-bond acceptors (Lipinski definition) is 3. The van der Waals surface area contributed by atoms with Gasteiger partial charge in [0, 0.05) is 24.8 Å². The molecule has 5 rings (SSSR count). The van der Waals surface area contributed by atoms with Gasteiger partial charge >= 0.3 is 0 Å². The van der Waals surface area contributed by atoms with Crippen molar-refractivity contribution in [2.24, 2.45) is 17.3 Å². The van der Waals surface area contributed by atoms with Gasteiger partial charge in [0.25, 0.3) is 0 Å². The second-order valence-corrected chi connectivity index (χ2v) is 10.6. The lowest BCUT2D eigenvalue weighted by Gasteiger charge is -2.48. The van der Waals surface area contributed by atoms with Crippen LogP contribution < -0.4 is 5.32 Å². The van der Waals surface area contributed by atoms with E-state index in [1.807, 2.05) is 36.4 Å². The van der Waals surface area contributed by atoms with Gasteiger partial charge in [-0.3, -0.25) is 9.59 Å². The minimum Gasteiger partial charge on any atom is -0.508 e. The van der Waals surface area contributed by atoms with Crippen LogP contribution in [0.3, 0.4) is 0 Å². The molecule has 4 atom stereocenters. The monoisotopic (exact) mass is 445 g/mol. The Labute approximate surface area is 196 Å². The highest BCUT2D eigenvalue weighted by atomic mass is 16.3. The molecule has 1 amide bonds. The molecule has 3 aliphatic carbocycles. The molecule has 2 aromatic rings. The Morgan fingerprint density at radius 1 is 1.12 bits per heavy atom. The van der Waals surface area contributed by atoms with Crippen molar-refractivity contribution < 1.29 is 14.7 Å². The summed E-state index contributed by atoms with van der Waals surface area (Å²) in [5.41, 5.74) is 4.63. The molecule has 4 nitrogen and oxygen atoms in total. The zero-order chi connectivity index (χ0) is 23.0. The van der Waals surface area contributed by atoms with Crippen molar-refractivity contribution in [1.29, 1.82) is 0 Å². The van der Waals surface area contributed by atoms with Crippen molar-refractivity contribution in [2.75, 3.05) is 0 Å². The molecular weight excluding hydrogens is 410 g/mol. The van der Waals surface area contributed by atoms with E-state index >= 15 is 0 Å². The van der Waals surface area contributed by atoms with Crippen LogP contribution in [0, 0.1) is 17.3 Å². The molecule has 4 heteroatoms. The highest BCUT2D eigenvalue weighted by Gasteiger charge is 2.54. The molecule has 0 spiro atoms. The number of hydrogen-bond donors (Lipinski definition) is 2. The third kappa shape index (κ3) is 4.20. The molecule has 33 heavy (non-hydrogen) atoms. The van der Waals surface area contributed by atoms with Crippen LogP contribution in [0.15, 0.2) is 42.5 Å². The molecule has 2 fully saturated rings. The fourth-order valence-corrected chi connectivity index (χ4v) is 6.95. The second-order valence-electron chi connectivity index (χ2n) is 10.6. The number of Topliss-reactive ketones (excluding diaryl/α,β-unsaturated/α-hetero) is 1. The van der Waals surface area contributed by atoms with Gasteiger partial charge in [0.05, 0.1) is 0 Å². The predicted molar refractivity (Wildman–Crippen MR) is 129 cm³/mol. The number of benzene rings is 2. The zero-order valence-electron chi connectivity index (χ0n) is 19.6. The smallest absolute Gasteiger partial charge is 0.220 e. The van der Waals surface area contributed by atoms with Crippen LogP contribution in [-0.2, 0) is 29.0 Å². The molecule has 3 aliphatic rings. The number of phenols is 1. The quantitative estimate of drug-likeness (QED) is 0.621. The van der Waals surface area contributed by atoms with Gasteiger partial charge in [0.15, 0.2) is 0 Å². The van der Waals surface area contributed by atoms with Crippen LogP contribution in [0.25, 0.3) is 0 Å². The lowest BCUT2D eigenvalue weighted by Crippen LogP contribution is -2.42. The van der Waals surface area contributed by atoms with Gasteiger partial charge < -0.3 is 10.4 Å². The van der Waals surface area contributed by atoms with Crippen LogP contribution in [0.1, 0.15) is 80.0 Å². The first kappa shape index (κ1) is 22.2. The summed E-state index contributed by atoms with van der Waals surface area (Å²) in [7, 11) is 0. The van der Waals surface area contributed by atoms with Crippen molar-refractivity contribution in [3.8, 4) is 5.75 Å². The van der Waals surface area contributed by atoms with Crippen LogP contribution in [0.4, 0.5) is 0 Å². The second kappa shape index (κ2) is 8.96.